The minimum atomic E-state index is -0.696. The van der Waals surface area contributed by atoms with Crippen LogP contribution in [0.5, 0.6) is 0 Å². The third-order valence-corrected chi connectivity index (χ3v) is 6.40. The van der Waals surface area contributed by atoms with E-state index in [1.807, 2.05) is 42.5 Å². The lowest BCUT2D eigenvalue weighted by Crippen LogP contribution is -2.50. The van der Waals surface area contributed by atoms with E-state index in [4.69, 9.17) is 11.6 Å². The first-order chi connectivity index (χ1) is 16.0. The van der Waals surface area contributed by atoms with Crippen molar-refractivity contribution in [2.24, 2.45) is 0 Å². The quantitative estimate of drug-likeness (QED) is 0.435. The van der Waals surface area contributed by atoms with Crippen molar-refractivity contribution < 1.29 is 14.0 Å². The predicted octanol–water partition coefficient (Wildman–Crippen LogP) is 5.10. The maximum Gasteiger partial charge on any atom is 0.242 e. The molecule has 0 heterocycles. The Labute approximate surface area is 203 Å². The zero-order valence-corrected chi connectivity index (χ0v) is 19.9. The van der Waals surface area contributed by atoms with Crippen LogP contribution in [0.25, 0.3) is 0 Å². The lowest BCUT2D eigenvalue weighted by Gasteiger charge is -2.31. The van der Waals surface area contributed by atoms with E-state index >= 15 is 0 Å². The molecule has 172 valence electrons. The van der Waals surface area contributed by atoms with Gasteiger partial charge in [0.25, 0.3) is 0 Å². The van der Waals surface area contributed by atoms with E-state index in [1.54, 1.807) is 42.3 Å². The molecule has 1 atom stereocenters. The van der Waals surface area contributed by atoms with Crippen LogP contribution >= 0.6 is 23.4 Å². The van der Waals surface area contributed by atoms with Crippen molar-refractivity contribution >= 4 is 35.2 Å². The Morgan fingerprint density at radius 2 is 1.70 bits per heavy atom. The first kappa shape index (κ1) is 24.8. The Bertz CT molecular complexity index is 1080. The van der Waals surface area contributed by atoms with E-state index in [1.165, 1.54) is 17.8 Å². The molecule has 0 saturated carbocycles. The molecular formula is C26H26ClFN2O2S. The Kier molecular flexibility index (Phi) is 9.34. The third-order valence-electron chi connectivity index (χ3n) is 5.20. The molecule has 33 heavy (non-hydrogen) atoms. The summed E-state index contributed by atoms with van der Waals surface area (Å²) in [4.78, 5) is 27.8. The van der Waals surface area contributed by atoms with E-state index in [0.29, 0.717) is 22.8 Å². The molecule has 7 heteroatoms. The zero-order valence-electron chi connectivity index (χ0n) is 18.3. The second-order valence-corrected chi connectivity index (χ2v) is 8.98. The van der Waals surface area contributed by atoms with Crippen molar-refractivity contribution in [3.63, 3.8) is 0 Å². The molecule has 0 aromatic heterocycles. The molecule has 2 amide bonds. The zero-order chi connectivity index (χ0) is 23.6. The number of halogens is 2. The minimum Gasteiger partial charge on any atom is -0.357 e. The van der Waals surface area contributed by atoms with Gasteiger partial charge in [-0.05, 0) is 34.9 Å². The summed E-state index contributed by atoms with van der Waals surface area (Å²) < 4.78 is 13.9. The number of rotatable bonds is 10. The molecule has 0 aliphatic heterocycles. The van der Waals surface area contributed by atoms with Gasteiger partial charge in [0.2, 0.25) is 11.8 Å². The molecule has 0 fully saturated rings. The molecule has 3 aromatic carbocycles. The number of thioether (sulfide) groups is 1. The van der Waals surface area contributed by atoms with Crippen LogP contribution in [-0.2, 0) is 28.3 Å². The summed E-state index contributed by atoms with van der Waals surface area (Å²) in [5.41, 5.74) is 2.33. The summed E-state index contributed by atoms with van der Waals surface area (Å²) in [6.45, 7) is 0.241. The monoisotopic (exact) mass is 484 g/mol. The van der Waals surface area contributed by atoms with Gasteiger partial charge in [-0.1, -0.05) is 72.3 Å². The average Bonchev–Trinajstić information content (AvgIpc) is 2.82. The number of benzene rings is 3. The van der Waals surface area contributed by atoms with Crippen LogP contribution in [0.4, 0.5) is 4.39 Å². The van der Waals surface area contributed by atoms with E-state index in [9.17, 15) is 14.0 Å². The molecule has 3 rings (SSSR count). The van der Waals surface area contributed by atoms with Gasteiger partial charge in [0, 0.05) is 30.8 Å². The highest BCUT2D eigenvalue weighted by Crippen LogP contribution is 2.20. The smallest absolute Gasteiger partial charge is 0.242 e. The Morgan fingerprint density at radius 1 is 1.00 bits per heavy atom. The summed E-state index contributed by atoms with van der Waals surface area (Å²) in [6, 6.07) is 22.7. The fourth-order valence-electron chi connectivity index (χ4n) is 3.50. The Balaban J connectivity index is 1.81. The number of hydrogen-bond acceptors (Lipinski definition) is 3. The molecule has 1 N–H and O–H groups in total. The van der Waals surface area contributed by atoms with E-state index in [-0.39, 0.29) is 29.9 Å². The van der Waals surface area contributed by atoms with Crippen LogP contribution in [0.15, 0.2) is 78.9 Å². The summed E-state index contributed by atoms with van der Waals surface area (Å²) in [5, 5.41) is 3.26. The van der Waals surface area contributed by atoms with Gasteiger partial charge < -0.3 is 10.2 Å². The maximum atomic E-state index is 13.9. The van der Waals surface area contributed by atoms with Gasteiger partial charge in [0.1, 0.15) is 11.9 Å². The standard InChI is InChI=1S/C26H26ClFN2O2S/c1-29-26(32)24(15-19-8-3-2-4-9-19)30(16-20-10-7-12-22(27)14-20)25(31)18-33-17-21-11-5-6-13-23(21)28/h2-14,24H,15-18H2,1H3,(H,29,32). The third kappa shape index (κ3) is 7.34. The van der Waals surface area contributed by atoms with Crippen molar-refractivity contribution in [2.45, 2.75) is 24.8 Å². The molecule has 0 spiro atoms. The van der Waals surface area contributed by atoms with Crippen molar-refractivity contribution in [3.05, 3.63) is 106 Å². The Hall–Kier alpha value is -2.83. The highest BCUT2D eigenvalue weighted by molar-refractivity contribution is 7.99. The van der Waals surface area contributed by atoms with Crippen LogP contribution in [0, 0.1) is 5.82 Å². The second kappa shape index (κ2) is 12.4. The van der Waals surface area contributed by atoms with Crippen LogP contribution in [-0.4, -0.2) is 35.6 Å². The van der Waals surface area contributed by atoms with Gasteiger partial charge in [-0.15, -0.1) is 11.8 Å². The number of amides is 2. The lowest BCUT2D eigenvalue weighted by atomic mass is 10.0. The number of nitrogens with zero attached hydrogens (tertiary/aromatic N) is 1. The Morgan fingerprint density at radius 3 is 2.39 bits per heavy atom. The lowest BCUT2D eigenvalue weighted by molar-refractivity contribution is -0.139. The molecule has 0 aliphatic rings. The summed E-state index contributed by atoms with van der Waals surface area (Å²) >= 11 is 7.48. The number of nitrogens with one attached hydrogen (secondary N) is 1. The van der Waals surface area contributed by atoms with Crippen molar-refractivity contribution in [1.82, 2.24) is 10.2 Å². The normalized spacial score (nSPS) is 11.6. The van der Waals surface area contributed by atoms with Crippen molar-refractivity contribution in [1.29, 1.82) is 0 Å². The summed E-state index contributed by atoms with van der Waals surface area (Å²) in [6.07, 6.45) is 0.380. The molecule has 1 unspecified atom stereocenters. The molecular weight excluding hydrogens is 459 g/mol. The fourth-order valence-corrected chi connectivity index (χ4v) is 4.61. The van der Waals surface area contributed by atoms with Crippen LogP contribution in [0.2, 0.25) is 5.02 Å². The van der Waals surface area contributed by atoms with Crippen molar-refractivity contribution in [2.75, 3.05) is 12.8 Å². The summed E-state index contributed by atoms with van der Waals surface area (Å²) in [5.74, 6) is -0.237. The number of carbonyl (C=O) groups is 2. The predicted molar refractivity (Wildman–Crippen MR) is 133 cm³/mol. The molecule has 4 nitrogen and oxygen atoms in total. The van der Waals surface area contributed by atoms with E-state index < -0.39 is 6.04 Å². The molecule has 0 aliphatic carbocycles. The first-order valence-electron chi connectivity index (χ1n) is 10.6. The first-order valence-corrected chi connectivity index (χ1v) is 12.1. The van der Waals surface area contributed by atoms with Gasteiger partial charge in [-0.2, -0.15) is 0 Å². The van der Waals surface area contributed by atoms with Gasteiger partial charge in [-0.25, -0.2) is 4.39 Å². The fraction of sp³-hybridized carbons (Fsp3) is 0.231. The van der Waals surface area contributed by atoms with E-state index in [0.717, 1.165) is 11.1 Å². The van der Waals surface area contributed by atoms with Crippen molar-refractivity contribution in [3.8, 4) is 0 Å². The maximum absolute atomic E-state index is 13.9. The van der Waals surface area contributed by atoms with E-state index in [2.05, 4.69) is 5.32 Å². The molecule has 0 saturated heterocycles. The highest BCUT2D eigenvalue weighted by atomic mass is 35.5. The number of likely N-dealkylation sites (N-methyl/N-ethyl adjacent to an activating group) is 1. The average molecular weight is 485 g/mol. The van der Waals surface area contributed by atoms with Crippen LogP contribution < -0.4 is 5.32 Å². The topological polar surface area (TPSA) is 49.4 Å². The van der Waals surface area contributed by atoms with Crippen LogP contribution in [0.1, 0.15) is 16.7 Å². The van der Waals surface area contributed by atoms with Gasteiger partial charge in [0.05, 0.1) is 5.75 Å². The van der Waals surface area contributed by atoms with Gasteiger partial charge in [0.15, 0.2) is 0 Å². The van der Waals surface area contributed by atoms with Gasteiger partial charge in [-0.3, -0.25) is 9.59 Å². The minimum absolute atomic E-state index is 0.122. The molecule has 3 aromatic rings. The largest absolute Gasteiger partial charge is 0.357 e. The van der Waals surface area contributed by atoms with Crippen LogP contribution in [0.3, 0.4) is 0 Å². The highest BCUT2D eigenvalue weighted by Gasteiger charge is 2.29. The number of carbonyl (C=O) groups excluding carboxylic acids is 2. The summed E-state index contributed by atoms with van der Waals surface area (Å²) in [7, 11) is 1.56. The SMILES string of the molecule is CNC(=O)C(Cc1ccccc1)N(Cc1cccc(Cl)c1)C(=O)CSCc1ccccc1F. The second-order valence-electron chi connectivity index (χ2n) is 7.56. The number of hydrogen-bond donors (Lipinski definition) is 1. The molecule has 0 bridgehead atoms. The van der Waals surface area contributed by atoms with Gasteiger partial charge >= 0.3 is 0 Å². The molecule has 0 radical (unpaired) electrons.